The van der Waals surface area contributed by atoms with Crippen molar-refractivity contribution < 1.29 is 14.3 Å². The molecule has 2 amide bonds. The summed E-state index contributed by atoms with van der Waals surface area (Å²) in [5.41, 5.74) is 2.14. The number of nitrogens with one attached hydrogen (secondary N) is 2. The van der Waals surface area contributed by atoms with Crippen molar-refractivity contribution in [3.8, 4) is 11.5 Å². The normalized spacial score (nSPS) is 12.7. The molecule has 6 heteroatoms. The fraction of sp³-hybridized carbons (Fsp3) is 0.111. The van der Waals surface area contributed by atoms with Gasteiger partial charge in [-0.25, -0.2) is 4.79 Å². The van der Waals surface area contributed by atoms with E-state index >= 15 is 0 Å². The SMILES string of the molecule is O=C(Nc1ccc2c(c1)OCCO2)Nc1cnc2ccccc2c1. The minimum absolute atomic E-state index is 0.344. The Labute approximate surface area is 138 Å². The van der Waals surface area contributed by atoms with Gasteiger partial charge in [0.1, 0.15) is 13.2 Å². The molecular formula is C18H15N3O3. The molecule has 1 aliphatic rings. The largest absolute Gasteiger partial charge is 0.486 e. The quantitative estimate of drug-likeness (QED) is 0.755. The first kappa shape index (κ1) is 14.3. The number of anilines is 2. The average Bonchev–Trinajstić information content (AvgIpc) is 2.61. The Balaban J connectivity index is 1.47. The van der Waals surface area contributed by atoms with Crippen LogP contribution in [0.25, 0.3) is 10.9 Å². The second kappa shape index (κ2) is 6.08. The second-order valence-corrected chi connectivity index (χ2v) is 5.35. The van der Waals surface area contributed by atoms with Crippen LogP contribution < -0.4 is 20.1 Å². The van der Waals surface area contributed by atoms with Gasteiger partial charge in [0.15, 0.2) is 11.5 Å². The molecule has 2 aromatic carbocycles. The molecule has 0 bridgehead atoms. The molecule has 2 N–H and O–H groups in total. The number of carbonyl (C=O) groups is 1. The molecule has 0 fully saturated rings. The zero-order valence-corrected chi connectivity index (χ0v) is 12.8. The number of carbonyl (C=O) groups excluding carboxylic acids is 1. The molecule has 0 spiro atoms. The minimum Gasteiger partial charge on any atom is -0.486 e. The lowest BCUT2D eigenvalue weighted by Crippen LogP contribution is -2.20. The summed E-state index contributed by atoms with van der Waals surface area (Å²) >= 11 is 0. The van der Waals surface area contributed by atoms with Crippen LogP contribution in [0.2, 0.25) is 0 Å². The molecule has 0 atom stereocenters. The van der Waals surface area contributed by atoms with Crippen molar-refractivity contribution in [2.24, 2.45) is 0 Å². The summed E-state index contributed by atoms with van der Waals surface area (Å²) in [4.78, 5) is 16.5. The smallest absolute Gasteiger partial charge is 0.323 e. The van der Waals surface area contributed by atoms with E-state index < -0.39 is 0 Å². The maximum atomic E-state index is 12.2. The van der Waals surface area contributed by atoms with E-state index in [9.17, 15) is 4.79 Å². The number of hydrogen-bond donors (Lipinski definition) is 2. The molecule has 0 saturated carbocycles. The standard InChI is InChI=1S/C18H15N3O3/c22-18(20-13-5-6-16-17(10-13)24-8-7-23-16)21-14-9-12-3-1-2-4-15(12)19-11-14/h1-6,9-11H,7-8H2,(H2,20,21,22). The number of hydrogen-bond acceptors (Lipinski definition) is 4. The number of urea groups is 1. The third kappa shape index (κ3) is 2.94. The number of benzene rings is 2. The number of nitrogens with zero attached hydrogens (tertiary/aromatic N) is 1. The number of rotatable bonds is 2. The summed E-state index contributed by atoms with van der Waals surface area (Å²) in [6, 6.07) is 14.6. The van der Waals surface area contributed by atoms with E-state index in [1.807, 2.05) is 30.3 Å². The molecule has 3 aromatic rings. The zero-order chi connectivity index (χ0) is 16.4. The molecule has 1 aromatic heterocycles. The highest BCUT2D eigenvalue weighted by Gasteiger charge is 2.12. The van der Waals surface area contributed by atoms with Gasteiger partial charge in [-0.15, -0.1) is 0 Å². The molecule has 0 saturated heterocycles. The van der Waals surface area contributed by atoms with Crippen LogP contribution >= 0.6 is 0 Å². The van der Waals surface area contributed by atoms with Crippen LogP contribution in [0.1, 0.15) is 0 Å². The molecule has 6 nitrogen and oxygen atoms in total. The van der Waals surface area contributed by atoms with Crippen molar-refractivity contribution in [3.63, 3.8) is 0 Å². The second-order valence-electron chi connectivity index (χ2n) is 5.35. The minimum atomic E-state index is -0.344. The van der Waals surface area contributed by atoms with Crippen LogP contribution in [-0.4, -0.2) is 24.2 Å². The third-order valence-corrected chi connectivity index (χ3v) is 3.65. The molecule has 2 heterocycles. The number of aromatic nitrogens is 1. The first-order chi connectivity index (χ1) is 11.8. The van der Waals surface area contributed by atoms with E-state index in [1.165, 1.54) is 0 Å². The van der Waals surface area contributed by atoms with Crippen molar-refractivity contribution in [1.29, 1.82) is 0 Å². The molecular weight excluding hydrogens is 306 g/mol. The predicted octanol–water partition coefficient (Wildman–Crippen LogP) is 3.65. The van der Waals surface area contributed by atoms with Crippen LogP contribution in [0.3, 0.4) is 0 Å². The highest BCUT2D eigenvalue weighted by Crippen LogP contribution is 2.32. The number of pyridine rings is 1. The molecule has 24 heavy (non-hydrogen) atoms. The molecule has 4 rings (SSSR count). The summed E-state index contributed by atoms with van der Waals surface area (Å²) in [5.74, 6) is 1.32. The van der Waals surface area contributed by atoms with Crippen molar-refractivity contribution in [2.75, 3.05) is 23.8 Å². The Morgan fingerprint density at radius 3 is 2.62 bits per heavy atom. The monoisotopic (exact) mass is 321 g/mol. The van der Waals surface area contributed by atoms with Crippen molar-refractivity contribution in [1.82, 2.24) is 4.98 Å². The summed E-state index contributed by atoms with van der Waals surface area (Å²) in [5, 5.41) is 6.52. The van der Waals surface area contributed by atoms with Gasteiger partial charge in [-0.3, -0.25) is 4.98 Å². The van der Waals surface area contributed by atoms with Crippen LogP contribution in [0.4, 0.5) is 16.2 Å². The van der Waals surface area contributed by atoms with Crippen molar-refractivity contribution >= 4 is 28.3 Å². The van der Waals surface area contributed by atoms with Gasteiger partial charge in [-0.1, -0.05) is 18.2 Å². The molecule has 0 unspecified atom stereocenters. The van der Waals surface area contributed by atoms with Crippen LogP contribution in [-0.2, 0) is 0 Å². The van der Waals surface area contributed by atoms with E-state index in [0.717, 1.165) is 10.9 Å². The van der Waals surface area contributed by atoms with Gasteiger partial charge in [0.25, 0.3) is 0 Å². The Bertz CT molecular complexity index is 911. The lowest BCUT2D eigenvalue weighted by molar-refractivity contribution is 0.171. The van der Waals surface area contributed by atoms with Gasteiger partial charge in [0.2, 0.25) is 0 Å². The number of amides is 2. The van der Waals surface area contributed by atoms with Gasteiger partial charge >= 0.3 is 6.03 Å². The number of fused-ring (bicyclic) bond motifs is 2. The first-order valence-electron chi connectivity index (χ1n) is 7.60. The van der Waals surface area contributed by atoms with Crippen molar-refractivity contribution in [2.45, 2.75) is 0 Å². The van der Waals surface area contributed by atoms with Crippen LogP contribution in [0.5, 0.6) is 11.5 Å². The fourth-order valence-corrected chi connectivity index (χ4v) is 2.55. The van der Waals surface area contributed by atoms with Gasteiger partial charge < -0.3 is 20.1 Å². The van der Waals surface area contributed by atoms with Crippen LogP contribution in [0, 0.1) is 0 Å². The maximum absolute atomic E-state index is 12.2. The Kier molecular flexibility index (Phi) is 3.63. The van der Waals surface area contributed by atoms with E-state index in [4.69, 9.17) is 9.47 Å². The summed E-state index contributed by atoms with van der Waals surface area (Å²) in [6.07, 6.45) is 1.63. The lowest BCUT2D eigenvalue weighted by Gasteiger charge is -2.19. The van der Waals surface area contributed by atoms with E-state index in [-0.39, 0.29) is 6.03 Å². The van der Waals surface area contributed by atoms with Gasteiger partial charge in [0, 0.05) is 17.1 Å². The zero-order valence-electron chi connectivity index (χ0n) is 12.8. The number of ether oxygens (including phenoxy) is 2. The Morgan fingerprint density at radius 1 is 0.917 bits per heavy atom. The summed E-state index contributed by atoms with van der Waals surface area (Å²) in [7, 11) is 0. The molecule has 1 aliphatic heterocycles. The van der Waals surface area contributed by atoms with E-state index in [0.29, 0.717) is 36.1 Å². The van der Waals surface area contributed by atoms with Crippen molar-refractivity contribution in [3.05, 3.63) is 54.7 Å². The first-order valence-corrected chi connectivity index (χ1v) is 7.60. The summed E-state index contributed by atoms with van der Waals surface area (Å²) < 4.78 is 11.0. The number of para-hydroxylation sites is 1. The predicted molar refractivity (Wildman–Crippen MR) is 91.8 cm³/mol. The van der Waals surface area contributed by atoms with Gasteiger partial charge in [-0.2, -0.15) is 0 Å². The van der Waals surface area contributed by atoms with Gasteiger partial charge in [0.05, 0.1) is 17.4 Å². The Morgan fingerprint density at radius 2 is 1.71 bits per heavy atom. The average molecular weight is 321 g/mol. The van der Waals surface area contributed by atoms with E-state index in [1.54, 1.807) is 24.4 Å². The maximum Gasteiger partial charge on any atom is 0.323 e. The molecule has 120 valence electrons. The lowest BCUT2D eigenvalue weighted by atomic mass is 10.2. The molecule has 0 radical (unpaired) electrons. The highest BCUT2D eigenvalue weighted by atomic mass is 16.6. The van der Waals surface area contributed by atoms with E-state index in [2.05, 4.69) is 15.6 Å². The molecule has 0 aliphatic carbocycles. The summed E-state index contributed by atoms with van der Waals surface area (Å²) in [6.45, 7) is 1.04. The Hall–Kier alpha value is -3.28. The topological polar surface area (TPSA) is 72.5 Å². The van der Waals surface area contributed by atoms with Gasteiger partial charge in [-0.05, 0) is 24.3 Å². The fourth-order valence-electron chi connectivity index (χ4n) is 2.55. The highest BCUT2D eigenvalue weighted by molar-refractivity contribution is 6.00. The van der Waals surface area contributed by atoms with Crippen LogP contribution in [0.15, 0.2) is 54.7 Å². The third-order valence-electron chi connectivity index (χ3n) is 3.65.